The van der Waals surface area contributed by atoms with Gasteiger partial charge in [0, 0.05) is 10.7 Å². The second kappa shape index (κ2) is 6.56. The number of alkyl halides is 3. The fourth-order valence-corrected chi connectivity index (χ4v) is 2.17. The maximum absolute atomic E-state index is 12.5. The summed E-state index contributed by atoms with van der Waals surface area (Å²) >= 11 is 3.32. The van der Waals surface area contributed by atoms with Crippen molar-refractivity contribution in [2.75, 3.05) is 0 Å². The van der Waals surface area contributed by atoms with E-state index in [4.69, 9.17) is 5.73 Å². The van der Waals surface area contributed by atoms with Crippen molar-refractivity contribution in [1.82, 2.24) is 4.98 Å². The first-order valence-electron chi connectivity index (χ1n) is 5.43. The van der Waals surface area contributed by atoms with Crippen LogP contribution in [0.15, 0.2) is 47.1 Å². The van der Waals surface area contributed by atoms with Gasteiger partial charge in [-0.05, 0) is 45.8 Å². The average Bonchev–Trinajstić information content (AvgIpc) is 2.38. The quantitative estimate of drug-likeness (QED) is 0.858. The molecule has 0 amide bonds. The Hall–Kier alpha value is -1.11. The SMILES string of the molecule is Cl.N[C@@H](c1ccc(C(F)(F)F)cc1)c1ncccc1Br. The highest BCUT2D eigenvalue weighted by Gasteiger charge is 2.30. The van der Waals surface area contributed by atoms with E-state index in [0.29, 0.717) is 11.3 Å². The molecular weight excluding hydrogens is 357 g/mol. The van der Waals surface area contributed by atoms with Crippen LogP contribution in [-0.2, 0) is 6.18 Å². The van der Waals surface area contributed by atoms with Crippen LogP contribution < -0.4 is 5.73 Å². The van der Waals surface area contributed by atoms with Gasteiger partial charge in [-0.2, -0.15) is 13.2 Å². The number of hydrogen-bond donors (Lipinski definition) is 1. The van der Waals surface area contributed by atoms with Crippen LogP contribution in [0.2, 0.25) is 0 Å². The molecule has 2 rings (SSSR count). The van der Waals surface area contributed by atoms with Crippen molar-refractivity contribution in [2.24, 2.45) is 5.73 Å². The van der Waals surface area contributed by atoms with Gasteiger partial charge in [0.25, 0.3) is 0 Å². The van der Waals surface area contributed by atoms with Crippen LogP contribution >= 0.6 is 28.3 Å². The Bertz CT molecular complexity index is 573. The third-order valence-corrected chi connectivity index (χ3v) is 3.35. The predicted octanol–water partition coefficient (Wildman–Crippen LogP) is 4.33. The summed E-state index contributed by atoms with van der Waals surface area (Å²) in [6.45, 7) is 0. The van der Waals surface area contributed by atoms with Crippen molar-refractivity contribution >= 4 is 28.3 Å². The lowest BCUT2D eigenvalue weighted by molar-refractivity contribution is -0.137. The van der Waals surface area contributed by atoms with E-state index in [1.54, 1.807) is 18.3 Å². The molecule has 2 nitrogen and oxygen atoms in total. The topological polar surface area (TPSA) is 38.9 Å². The van der Waals surface area contributed by atoms with E-state index in [-0.39, 0.29) is 12.4 Å². The zero-order chi connectivity index (χ0) is 14.0. The van der Waals surface area contributed by atoms with Crippen LogP contribution in [0.5, 0.6) is 0 Å². The van der Waals surface area contributed by atoms with Gasteiger partial charge in [0.2, 0.25) is 0 Å². The first-order valence-corrected chi connectivity index (χ1v) is 6.22. The van der Waals surface area contributed by atoms with Gasteiger partial charge in [0.15, 0.2) is 0 Å². The molecule has 1 aromatic carbocycles. The predicted molar refractivity (Wildman–Crippen MR) is 76.7 cm³/mol. The number of hydrogen-bond acceptors (Lipinski definition) is 2. The van der Waals surface area contributed by atoms with Gasteiger partial charge in [-0.25, -0.2) is 0 Å². The Kier molecular flexibility index (Phi) is 5.56. The Morgan fingerprint density at radius 1 is 1.10 bits per heavy atom. The second-order valence-corrected chi connectivity index (χ2v) is 4.82. The number of benzene rings is 1. The van der Waals surface area contributed by atoms with Crippen molar-refractivity contribution in [3.63, 3.8) is 0 Å². The van der Waals surface area contributed by atoms with Crippen molar-refractivity contribution in [3.8, 4) is 0 Å². The maximum Gasteiger partial charge on any atom is 0.416 e. The van der Waals surface area contributed by atoms with E-state index in [2.05, 4.69) is 20.9 Å². The molecule has 108 valence electrons. The highest BCUT2D eigenvalue weighted by atomic mass is 79.9. The summed E-state index contributed by atoms with van der Waals surface area (Å²) in [5.74, 6) is 0. The summed E-state index contributed by atoms with van der Waals surface area (Å²) in [6, 6.07) is 7.73. The van der Waals surface area contributed by atoms with Crippen LogP contribution in [0.1, 0.15) is 22.9 Å². The summed E-state index contributed by atoms with van der Waals surface area (Å²) < 4.78 is 38.1. The van der Waals surface area contributed by atoms with E-state index < -0.39 is 17.8 Å². The minimum atomic E-state index is -4.34. The van der Waals surface area contributed by atoms with E-state index in [0.717, 1.165) is 16.6 Å². The van der Waals surface area contributed by atoms with Crippen LogP contribution in [0.3, 0.4) is 0 Å². The van der Waals surface area contributed by atoms with Gasteiger partial charge < -0.3 is 5.73 Å². The van der Waals surface area contributed by atoms with Gasteiger partial charge in [0.05, 0.1) is 17.3 Å². The van der Waals surface area contributed by atoms with Gasteiger partial charge in [-0.1, -0.05) is 12.1 Å². The van der Waals surface area contributed by atoms with E-state index >= 15 is 0 Å². The molecule has 7 heteroatoms. The van der Waals surface area contributed by atoms with Gasteiger partial charge in [-0.3, -0.25) is 4.98 Å². The molecule has 0 unspecified atom stereocenters. The third kappa shape index (κ3) is 3.71. The third-order valence-electron chi connectivity index (χ3n) is 2.68. The normalized spacial score (nSPS) is 12.7. The zero-order valence-electron chi connectivity index (χ0n) is 10.1. The fraction of sp³-hybridized carbons (Fsp3) is 0.154. The van der Waals surface area contributed by atoms with Crippen molar-refractivity contribution in [2.45, 2.75) is 12.2 Å². The van der Waals surface area contributed by atoms with Gasteiger partial charge in [0.1, 0.15) is 0 Å². The molecule has 0 aliphatic heterocycles. The molecule has 0 aliphatic carbocycles. The Morgan fingerprint density at radius 2 is 1.70 bits per heavy atom. The summed E-state index contributed by atoms with van der Waals surface area (Å²) in [6.07, 6.45) is -2.75. The molecule has 0 radical (unpaired) electrons. The zero-order valence-corrected chi connectivity index (χ0v) is 12.5. The fourth-order valence-electron chi connectivity index (χ4n) is 1.66. The molecule has 0 fully saturated rings. The van der Waals surface area contributed by atoms with E-state index in [1.807, 2.05) is 0 Å². The molecule has 1 atom stereocenters. The van der Waals surface area contributed by atoms with Crippen LogP contribution in [0.25, 0.3) is 0 Å². The highest BCUT2D eigenvalue weighted by Crippen LogP contribution is 2.31. The molecule has 2 aromatic rings. The molecule has 0 aliphatic rings. The largest absolute Gasteiger partial charge is 0.416 e. The number of nitrogens with two attached hydrogens (primary N) is 1. The van der Waals surface area contributed by atoms with Gasteiger partial charge in [-0.15, -0.1) is 12.4 Å². The minimum Gasteiger partial charge on any atom is -0.319 e. The van der Waals surface area contributed by atoms with Crippen LogP contribution in [-0.4, -0.2) is 4.98 Å². The first-order chi connectivity index (χ1) is 8.89. The molecule has 1 aromatic heterocycles. The van der Waals surface area contributed by atoms with E-state index in [9.17, 15) is 13.2 Å². The van der Waals surface area contributed by atoms with E-state index in [1.165, 1.54) is 12.1 Å². The number of rotatable bonds is 2. The summed E-state index contributed by atoms with van der Waals surface area (Å²) in [5.41, 5.74) is 6.47. The molecule has 20 heavy (non-hydrogen) atoms. The summed E-state index contributed by atoms with van der Waals surface area (Å²) in [4.78, 5) is 4.13. The van der Waals surface area contributed by atoms with Crippen molar-refractivity contribution < 1.29 is 13.2 Å². The minimum absolute atomic E-state index is 0. The van der Waals surface area contributed by atoms with Crippen LogP contribution in [0.4, 0.5) is 13.2 Å². The lowest BCUT2D eigenvalue weighted by Gasteiger charge is -2.14. The van der Waals surface area contributed by atoms with Crippen LogP contribution in [0, 0.1) is 0 Å². The number of pyridine rings is 1. The average molecular weight is 368 g/mol. The Balaban J connectivity index is 0.00000200. The second-order valence-electron chi connectivity index (χ2n) is 3.97. The van der Waals surface area contributed by atoms with Crippen molar-refractivity contribution in [3.05, 3.63) is 63.9 Å². The molecular formula is C13H11BrClF3N2. The monoisotopic (exact) mass is 366 g/mol. The Labute approximate surface area is 128 Å². The highest BCUT2D eigenvalue weighted by molar-refractivity contribution is 9.10. The molecule has 0 saturated heterocycles. The first kappa shape index (κ1) is 16.9. The molecule has 2 N–H and O–H groups in total. The number of aromatic nitrogens is 1. The maximum atomic E-state index is 12.5. The summed E-state index contributed by atoms with van der Waals surface area (Å²) in [5, 5.41) is 0. The number of nitrogens with zero attached hydrogens (tertiary/aromatic N) is 1. The molecule has 0 bridgehead atoms. The lowest BCUT2D eigenvalue weighted by Crippen LogP contribution is -2.14. The number of halogens is 5. The summed E-state index contributed by atoms with van der Waals surface area (Å²) in [7, 11) is 0. The molecule has 1 heterocycles. The lowest BCUT2D eigenvalue weighted by atomic mass is 10.0. The van der Waals surface area contributed by atoms with Crippen molar-refractivity contribution in [1.29, 1.82) is 0 Å². The van der Waals surface area contributed by atoms with Gasteiger partial charge >= 0.3 is 6.18 Å². The smallest absolute Gasteiger partial charge is 0.319 e. The molecule has 0 spiro atoms. The standard InChI is InChI=1S/C13H10BrF3N2.ClH/c14-10-2-1-7-19-12(10)11(18)8-3-5-9(6-4-8)13(15,16)17;/h1-7,11H,18H2;1H/t11-;/m0./s1. The molecule has 0 saturated carbocycles. The Morgan fingerprint density at radius 3 is 2.20 bits per heavy atom.